The van der Waals surface area contributed by atoms with Gasteiger partial charge in [0, 0.05) is 5.92 Å². The highest BCUT2D eigenvalue weighted by molar-refractivity contribution is 5.91. The van der Waals surface area contributed by atoms with E-state index in [1.54, 1.807) is 18.2 Å². The summed E-state index contributed by atoms with van der Waals surface area (Å²) in [4.78, 5) is 15.9. The Kier molecular flexibility index (Phi) is 3.51. The Morgan fingerprint density at radius 1 is 1.44 bits per heavy atom. The first kappa shape index (κ1) is 11.1. The van der Waals surface area contributed by atoms with Crippen LogP contribution in [0.15, 0.2) is 18.2 Å². The van der Waals surface area contributed by atoms with E-state index in [-0.39, 0.29) is 18.4 Å². The quantitative estimate of drug-likeness (QED) is 0.815. The Hall–Kier alpha value is -1.42. The fourth-order valence-corrected chi connectivity index (χ4v) is 2.05. The van der Waals surface area contributed by atoms with E-state index in [1.165, 1.54) is 0 Å². The SMILES string of the molecule is O=C(Nc1cccc(CO)n1)C1CCCC1. The number of amides is 1. The number of pyridine rings is 1. The lowest BCUT2D eigenvalue weighted by atomic mass is 10.1. The lowest BCUT2D eigenvalue weighted by Crippen LogP contribution is -2.21. The molecule has 1 heterocycles. The van der Waals surface area contributed by atoms with Crippen molar-refractivity contribution in [2.75, 3.05) is 5.32 Å². The number of nitrogens with zero attached hydrogens (tertiary/aromatic N) is 1. The molecule has 0 atom stereocenters. The van der Waals surface area contributed by atoms with E-state index in [0.29, 0.717) is 11.5 Å². The lowest BCUT2D eigenvalue weighted by molar-refractivity contribution is -0.119. The number of aliphatic hydroxyl groups excluding tert-OH is 1. The molecule has 0 aromatic carbocycles. The molecule has 1 aromatic rings. The summed E-state index contributed by atoms with van der Waals surface area (Å²) in [7, 11) is 0. The van der Waals surface area contributed by atoms with Crippen molar-refractivity contribution in [3.63, 3.8) is 0 Å². The molecule has 86 valence electrons. The molecule has 1 saturated carbocycles. The first-order chi connectivity index (χ1) is 7.79. The molecule has 0 bridgehead atoms. The van der Waals surface area contributed by atoms with E-state index in [9.17, 15) is 4.79 Å². The first-order valence-corrected chi connectivity index (χ1v) is 5.67. The normalized spacial score (nSPS) is 16.3. The third-order valence-electron chi connectivity index (χ3n) is 2.95. The van der Waals surface area contributed by atoms with Crippen LogP contribution in [-0.4, -0.2) is 16.0 Å². The predicted molar refractivity (Wildman–Crippen MR) is 60.7 cm³/mol. The van der Waals surface area contributed by atoms with Crippen LogP contribution in [0.2, 0.25) is 0 Å². The van der Waals surface area contributed by atoms with Crippen molar-refractivity contribution in [1.29, 1.82) is 0 Å². The van der Waals surface area contributed by atoms with Crippen LogP contribution in [0.4, 0.5) is 5.82 Å². The van der Waals surface area contributed by atoms with Crippen LogP contribution in [0.3, 0.4) is 0 Å². The molecule has 1 amide bonds. The lowest BCUT2D eigenvalue weighted by Gasteiger charge is -2.09. The van der Waals surface area contributed by atoms with Crippen molar-refractivity contribution in [3.05, 3.63) is 23.9 Å². The minimum absolute atomic E-state index is 0.0556. The molecule has 1 aromatic heterocycles. The summed E-state index contributed by atoms with van der Waals surface area (Å²) in [6, 6.07) is 5.25. The summed E-state index contributed by atoms with van der Waals surface area (Å²) in [6.45, 7) is -0.104. The summed E-state index contributed by atoms with van der Waals surface area (Å²) < 4.78 is 0. The minimum atomic E-state index is -0.104. The highest BCUT2D eigenvalue weighted by Gasteiger charge is 2.22. The van der Waals surface area contributed by atoms with Crippen LogP contribution in [-0.2, 0) is 11.4 Å². The Bertz CT molecular complexity index is 373. The Balaban J connectivity index is 1.99. The molecule has 0 saturated heterocycles. The van der Waals surface area contributed by atoms with Gasteiger partial charge in [0.15, 0.2) is 0 Å². The zero-order valence-corrected chi connectivity index (χ0v) is 9.15. The van der Waals surface area contributed by atoms with Crippen molar-refractivity contribution in [1.82, 2.24) is 4.98 Å². The highest BCUT2D eigenvalue weighted by Crippen LogP contribution is 2.25. The maximum absolute atomic E-state index is 11.8. The molecule has 0 aliphatic heterocycles. The van der Waals surface area contributed by atoms with E-state index in [2.05, 4.69) is 10.3 Å². The summed E-state index contributed by atoms with van der Waals surface area (Å²) in [6.07, 6.45) is 4.24. The summed E-state index contributed by atoms with van der Waals surface area (Å²) in [5, 5.41) is 11.7. The Labute approximate surface area is 94.7 Å². The van der Waals surface area contributed by atoms with Gasteiger partial charge in [-0.3, -0.25) is 4.79 Å². The number of aromatic nitrogens is 1. The van der Waals surface area contributed by atoms with Crippen molar-refractivity contribution >= 4 is 11.7 Å². The molecular weight excluding hydrogens is 204 g/mol. The van der Waals surface area contributed by atoms with Gasteiger partial charge >= 0.3 is 0 Å². The second-order valence-corrected chi connectivity index (χ2v) is 4.14. The van der Waals surface area contributed by atoms with Gasteiger partial charge in [0.1, 0.15) is 5.82 Å². The van der Waals surface area contributed by atoms with E-state index in [4.69, 9.17) is 5.11 Å². The molecular formula is C12H16N2O2. The molecule has 1 aliphatic rings. The number of carbonyl (C=O) groups excluding carboxylic acids is 1. The van der Waals surface area contributed by atoms with Crippen LogP contribution in [0.5, 0.6) is 0 Å². The zero-order valence-electron chi connectivity index (χ0n) is 9.15. The number of hydrogen-bond acceptors (Lipinski definition) is 3. The topological polar surface area (TPSA) is 62.2 Å². The van der Waals surface area contributed by atoms with Gasteiger partial charge in [0.05, 0.1) is 12.3 Å². The Morgan fingerprint density at radius 3 is 2.88 bits per heavy atom. The molecule has 2 N–H and O–H groups in total. The maximum Gasteiger partial charge on any atom is 0.228 e. The van der Waals surface area contributed by atoms with Crippen molar-refractivity contribution in [2.45, 2.75) is 32.3 Å². The number of carbonyl (C=O) groups is 1. The van der Waals surface area contributed by atoms with E-state index in [0.717, 1.165) is 25.7 Å². The van der Waals surface area contributed by atoms with Gasteiger partial charge in [-0.15, -0.1) is 0 Å². The summed E-state index contributed by atoms with van der Waals surface area (Å²) in [5.41, 5.74) is 0.573. The third kappa shape index (κ3) is 2.58. The molecule has 1 fully saturated rings. The molecule has 2 rings (SSSR count). The van der Waals surface area contributed by atoms with Crippen LogP contribution in [0.25, 0.3) is 0 Å². The standard InChI is InChI=1S/C12H16N2O2/c15-8-10-6-3-7-11(13-10)14-12(16)9-4-1-2-5-9/h3,6-7,9,15H,1-2,4-5,8H2,(H,13,14,16). The van der Waals surface area contributed by atoms with Gasteiger partial charge in [-0.05, 0) is 25.0 Å². The van der Waals surface area contributed by atoms with Gasteiger partial charge in [0.25, 0.3) is 0 Å². The van der Waals surface area contributed by atoms with Gasteiger partial charge in [-0.2, -0.15) is 0 Å². The number of rotatable bonds is 3. The van der Waals surface area contributed by atoms with Crippen molar-refractivity contribution in [2.24, 2.45) is 5.92 Å². The summed E-state index contributed by atoms with van der Waals surface area (Å²) in [5.74, 6) is 0.725. The number of anilines is 1. The van der Waals surface area contributed by atoms with Gasteiger partial charge < -0.3 is 10.4 Å². The molecule has 16 heavy (non-hydrogen) atoms. The molecule has 4 nitrogen and oxygen atoms in total. The first-order valence-electron chi connectivity index (χ1n) is 5.67. The fraction of sp³-hybridized carbons (Fsp3) is 0.500. The predicted octanol–water partition coefficient (Wildman–Crippen LogP) is 1.70. The smallest absolute Gasteiger partial charge is 0.228 e. The minimum Gasteiger partial charge on any atom is -0.390 e. The second kappa shape index (κ2) is 5.07. The van der Waals surface area contributed by atoms with Gasteiger partial charge in [-0.25, -0.2) is 4.98 Å². The average molecular weight is 220 g/mol. The molecule has 0 spiro atoms. The third-order valence-corrected chi connectivity index (χ3v) is 2.95. The molecule has 4 heteroatoms. The van der Waals surface area contributed by atoms with Crippen LogP contribution >= 0.6 is 0 Å². The zero-order chi connectivity index (χ0) is 11.4. The Morgan fingerprint density at radius 2 is 2.19 bits per heavy atom. The van der Waals surface area contributed by atoms with Crippen LogP contribution in [0, 0.1) is 5.92 Å². The highest BCUT2D eigenvalue weighted by atomic mass is 16.3. The number of hydrogen-bond donors (Lipinski definition) is 2. The van der Waals surface area contributed by atoms with Gasteiger partial charge in [0.2, 0.25) is 5.91 Å². The van der Waals surface area contributed by atoms with Crippen LogP contribution in [0.1, 0.15) is 31.4 Å². The van der Waals surface area contributed by atoms with Gasteiger partial charge in [-0.1, -0.05) is 18.9 Å². The van der Waals surface area contributed by atoms with E-state index in [1.807, 2.05) is 0 Å². The second-order valence-electron chi connectivity index (χ2n) is 4.14. The van der Waals surface area contributed by atoms with E-state index < -0.39 is 0 Å². The largest absolute Gasteiger partial charge is 0.390 e. The van der Waals surface area contributed by atoms with E-state index >= 15 is 0 Å². The fourth-order valence-electron chi connectivity index (χ4n) is 2.05. The molecule has 0 unspecified atom stereocenters. The maximum atomic E-state index is 11.8. The van der Waals surface area contributed by atoms with Crippen LogP contribution < -0.4 is 5.32 Å². The summed E-state index contributed by atoms with van der Waals surface area (Å²) >= 11 is 0. The number of nitrogens with one attached hydrogen (secondary N) is 1. The average Bonchev–Trinajstić information content (AvgIpc) is 2.83. The molecule has 0 radical (unpaired) electrons. The monoisotopic (exact) mass is 220 g/mol. The van der Waals surface area contributed by atoms with Crippen molar-refractivity contribution in [3.8, 4) is 0 Å². The number of aliphatic hydroxyl groups is 1. The molecule has 1 aliphatic carbocycles. The van der Waals surface area contributed by atoms with Crippen molar-refractivity contribution < 1.29 is 9.90 Å².